The Morgan fingerprint density at radius 2 is 1.96 bits per heavy atom. The SMILES string of the molecule is NC(=S)N/N=C\c1cn(S(=O)(=O)c2ccccc2)c2ccc(Br)cc12. The summed E-state index contributed by atoms with van der Waals surface area (Å²) in [7, 11) is -3.73. The summed E-state index contributed by atoms with van der Waals surface area (Å²) in [5.74, 6) is 0. The first-order valence-corrected chi connectivity index (χ1v) is 9.73. The van der Waals surface area contributed by atoms with Crippen molar-refractivity contribution in [2.45, 2.75) is 4.90 Å². The van der Waals surface area contributed by atoms with Crippen molar-refractivity contribution in [2.75, 3.05) is 0 Å². The maximum atomic E-state index is 13.0. The Bertz CT molecular complexity index is 1080. The number of halogens is 1. The van der Waals surface area contributed by atoms with Crippen molar-refractivity contribution in [1.82, 2.24) is 9.40 Å². The van der Waals surface area contributed by atoms with Gasteiger partial charge in [-0.2, -0.15) is 5.10 Å². The summed E-state index contributed by atoms with van der Waals surface area (Å²) < 4.78 is 28.0. The van der Waals surface area contributed by atoms with Gasteiger partial charge in [-0.05, 0) is 42.5 Å². The first kappa shape index (κ1) is 17.6. The lowest BCUT2D eigenvalue weighted by Crippen LogP contribution is -2.23. The molecule has 3 N–H and O–H groups in total. The molecule has 0 aliphatic carbocycles. The minimum absolute atomic E-state index is 0.0260. The number of nitrogens with zero attached hydrogens (tertiary/aromatic N) is 2. The van der Waals surface area contributed by atoms with Crippen LogP contribution in [0.15, 0.2) is 69.2 Å². The number of hydrogen-bond acceptors (Lipinski definition) is 4. The van der Waals surface area contributed by atoms with Gasteiger partial charge in [0.05, 0.1) is 16.6 Å². The molecule has 3 rings (SSSR count). The van der Waals surface area contributed by atoms with E-state index in [1.165, 1.54) is 16.4 Å². The van der Waals surface area contributed by atoms with Crippen LogP contribution in [0.5, 0.6) is 0 Å². The molecule has 128 valence electrons. The summed E-state index contributed by atoms with van der Waals surface area (Å²) >= 11 is 8.10. The average molecular weight is 437 g/mol. The van der Waals surface area contributed by atoms with E-state index in [-0.39, 0.29) is 10.0 Å². The Kier molecular flexibility index (Phi) is 4.89. The quantitative estimate of drug-likeness (QED) is 0.372. The molecule has 0 saturated heterocycles. The van der Waals surface area contributed by atoms with Crippen LogP contribution in [0.2, 0.25) is 0 Å². The summed E-state index contributed by atoms with van der Waals surface area (Å²) in [6, 6.07) is 13.6. The molecule has 25 heavy (non-hydrogen) atoms. The fourth-order valence-corrected chi connectivity index (χ4v) is 4.18. The lowest BCUT2D eigenvalue weighted by molar-refractivity contribution is 0.589. The standard InChI is InChI=1S/C16H13BrN4O2S2/c17-12-6-7-15-14(8-12)11(9-19-20-16(18)24)10-21(15)25(22,23)13-4-2-1-3-5-13/h1-10H,(H3,18,20,24)/b19-9-. The summed E-state index contributed by atoms with van der Waals surface area (Å²) in [5.41, 5.74) is 8.96. The van der Waals surface area contributed by atoms with Crippen molar-refractivity contribution >= 4 is 60.4 Å². The lowest BCUT2D eigenvalue weighted by atomic mass is 10.2. The van der Waals surface area contributed by atoms with Crippen LogP contribution >= 0.6 is 28.1 Å². The molecule has 0 bridgehead atoms. The third-order valence-corrected chi connectivity index (χ3v) is 5.71. The van der Waals surface area contributed by atoms with E-state index in [0.717, 1.165) is 9.86 Å². The van der Waals surface area contributed by atoms with Crippen LogP contribution in [-0.4, -0.2) is 23.7 Å². The van der Waals surface area contributed by atoms with Crippen LogP contribution in [-0.2, 0) is 10.0 Å². The van der Waals surface area contributed by atoms with E-state index < -0.39 is 10.0 Å². The first-order chi connectivity index (χ1) is 11.9. The van der Waals surface area contributed by atoms with E-state index >= 15 is 0 Å². The lowest BCUT2D eigenvalue weighted by Gasteiger charge is -2.07. The van der Waals surface area contributed by atoms with Crippen LogP contribution in [0.1, 0.15) is 5.56 Å². The van der Waals surface area contributed by atoms with Crippen molar-refractivity contribution < 1.29 is 8.42 Å². The largest absolute Gasteiger partial charge is 0.375 e. The predicted molar refractivity (Wildman–Crippen MR) is 106 cm³/mol. The topological polar surface area (TPSA) is 89.5 Å². The first-order valence-electron chi connectivity index (χ1n) is 7.09. The van der Waals surface area contributed by atoms with Gasteiger partial charge in [-0.1, -0.05) is 34.1 Å². The highest BCUT2D eigenvalue weighted by Crippen LogP contribution is 2.27. The highest BCUT2D eigenvalue weighted by atomic mass is 79.9. The van der Waals surface area contributed by atoms with E-state index in [9.17, 15) is 8.42 Å². The number of aromatic nitrogens is 1. The number of hydrazone groups is 1. The van der Waals surface area contributed by atoms with Crippen LogP contribution in [0.25, 0.3) is 10.9 Å². The van der Waals surface area contributed by atoms with Crippen LogP contribution in [0, 0.1) is 0 Å². The Labute approximate surface area is 158 Å². The zero-order chi connectivity index (χ0) is 18.0. The van der Waals surface area contributed by atoms with Gasteiger partial charge in [0.1, 0.15) is 0 Å². The van der Waals surface area contributed by atoms with E-state index in [1.54, 1.807) is 42.5 Å². The van der Waals surface area contributed by atoms with Crippen molar-refractivity contribution in [3.8, 4) is 0 Å². The second-order valence-electron chi connectivity index (χ2n) is 5.09. The molecule has 0 aliphatic heterocycles. The Hall–Kier alpha value is -2.23. The fraction of sp³-hybridized carbons (Fsp3) is 0. The summed E-state index contributed by atoms with van der Waals surface area (Å²) in [6.45, 7) is 0. The third kappa shape index (κ3) is 3.58. The summed E-state index contributed by atoms with van der Waals surface area (Å²) in [5, 5.41) is 4.67. The number of nitrogens with two attached hydrogens (primary N) is 1. The normalized spacial score (nSPS) is 11.9. The van der Waals surface area contributed by atoms with Crippen LogP contribution < -0.4 is 11.2 Å². The average Bonchev–Trinajstić information content (AvgIpc) is 2.94. The van der Waals surface area contributed by atoms with Crippen molar-refractivity contribution in [3.63, 3.8) is 0 Å². The maximum absolute atomic E-state index is 13.0. The molecule has 0 fully saturated rings. The van der Waals surface area contributed by atoms with Crippen LogP contribution in [0.3, 0.4) is 0 Å². The number of nitrogens with one attached hydrogen (secondary N) is 1. The monoisotopic (exact) mass is 436 g/mol. The number of thiocarbonyl (C=S) groups is 1. The van der Waals surface area contributed by atoms with E-state index in [1.807, 2.05) is 6.07 Å². The predicted octanol–water partition coefficient (Wildman–Crippen LogP) is 2.81. The molecule has 0 radical (unpaired) electrons. The Morgan fingerprint density at radius 3 is 2.64 bits per heavy atom. The van der Waals surface area contributed by atoms with Crippen molar-refractivity contribution in [1.29, 1.82) is 0 Å². The van der Waals surface area contributed by atoms with Gasteiger partial charge in [0.2, 0.25) is 0 Å². The minimum Gasteiger partial charge on any atom is -0.375 e. The van der Waals surface area contributed by atoms with Gasteiger partial charge >= 0.3 is 0 Å². The molecule has 0 atom stereocenters. The summed E-state index contributed by atoms with van der Waals surface area (Å²) in [6.07, 6.45) is 3.00. The van der Waals surface area contributed by atoms with Gasteiger partial charge in [0, 0.05) is 21.6 Å². The number of benzene rings is 2. The van der Waals surface area contributed by atoms with E-state index in [2.05, 4.69) is 26.5 Å². The number of fused-ring (bicyclic) bond motifs is 1. The van der Waals surface area contributed by atoms with Crippen LogP contribution in [0.4, 0.5) is 0 Å². The molecular weight excluding hydrogens is 424 g/mol. The molecule has 6 nitrogen and oxygen atoms in total. The highest BCUT2D eigenvalue weighted by molar-refractivity contribution is 9.10. The maximum Gasteiger partial charge on any atom is 0.268 e. The molecule has 0 aliphatic rings. The van der Waals surface area contributed by atoms with Gasteiger partial charge in [0.15, 0.2) is 5.11 Å². The van der Waals surface area contributed by atoms with E-state index in [0.29, 0.717) is 11.1 Å². The second-order valence-corrected chi connectivity index (χ2v) is 8.26. The molecular formula is C16H13BrN4O2S2. The molecule has 0 saturated carbocycles. The number of hydrogen-bond donors (Lipinski definition) is 2. The fourth-order valence-electron chi connectivity index (χ4n) is 2.37. The van der Waals surface area contributed by atoms with Gasteiger partial charge in [0.25, 0.3) is 10.0 Å². The molecule has 3 aromatic rings. The molecule has 1 heterocycles. The highest BCUT2D eigenvalue weighted by Gasteiger charge is 2.20. The molecule has 0 amide bonds. The number of rotatable bonds is 4. The second kappa shape index (κ2) is 6.95. The molecule has 0 unspecified atom stereocenters. The minimum atomic E-state index is -3.73. The van der Waals surface area contributed by atoms with Gasteiger partial charge in [-0.15, -0.1) is 0 Å². The van der Waals surface area contributed by atoms with Gasteiger partial charge in [-0.25, -0.2) is 12.4 Å². The van der Waals surface area contributed by atoms with Crippen molar-refractivity contribution in [3.05, 3.63) is 64.8 Å². The smallest absolute Gasteiger partial charge is 0.268 e. The molecule has 0 spiro atoms. The van der Waals surface area contributed by atoms with E-state index in [4.69, 9.17) is 18.0 Å². The van der Waals surface area contributed by atoms with Gasteiger partial charge < -0.3 is 5.73 Å². The zero-order valence-corrected chi connectivity index (χ0v) is 16.0. The summed E-state index contributed by atoms with van der Waals surface area (Å²) in [4.78, 5) is 0.208. The third-order valence-electron chi connectivity index (χ3n) is 3.44. The Balaban J connectivity index is 2.20. The molecule has 2 aromatic carbocycles. The molecule has 1 aromatic heterocycles. The zero-order valence-electron chi connectivity index (χ0n) is 12.8. The Morgan fingerprint density at radius 1 is 1.24 bits per heavy atom. The van der Waals surface area contributed by atoms with Gasteiger partial charge in [-0.3, -0.25) is 5.43 Å². The van der Waals surface area contributed by atoms with Crippen molar-refractivity contribution in [2.24, 2.45) is 10.8 Å². The molecule has 9 heteroatoms.